The minimum atomic E-state index is -0.807. The van der Waals surface area contributed by atoms with Crippen LogP contribution < -0.4 is 19.7 Å². The van der Waals surface area contributed by atoms with Gasteiger partial charge in [-0.3, -0.25) is 14.9 Å². The Morgan fingerprint density at radius 3 is 2.49 bits per heavy atom. The number of urea groups is 1. The number of ether oxygens (including phenoxy) is 2. The maximum atomic E-state index is 13.4. The van der Waals surface area contributed by atoms with Gasteiger partial charge in [0.15, 0.2) is 11.5 Å². The number of barbiturate groups is 1. The molecule has 1 N–H and O–H groups in total. The van der Waals surface area contributed by atoms with E-state index in [1.807, 2.05) is 19.9 Å². The summed E-state index contributed by atoms with van der Waals surface area (Å²) in [6.45, 7) is 4.13. The van der Waals surface area contributed by atoms with E-state index in [0.29, 0.717) is 34.9 Å². The van der Waals surface area contributed by atoms with E-state index in [9.17, 15) is 18.8 Å². The average Bonchev–Trinajstić information content (AvgIpc) is 2.81. The van der Waals surface area contributed by atoms with Crippen LogP contribution in [0.1, 0.15) is 23.6 Å². The van der Waals surface area contributed by atoms with E-state index in [4.69, 9.17) is 9.47 Å². The highest BCUT2D eigenvalue weighted by Crippen LogP contribution is 2.31. The first kappa shape index (κ1) is 23.7. The van der Waals surface area contributed by atoms with Crippen LogP contribution in [-0.4, -0.2) is 24.5 Å². The SMILES string of the molecule is CCOc1cc(/C=C2\C(=O)NC(=O)N(c3cccc(C)c3)C2=O)ccc1OCc1cccc(F)c1. The summed E-state index contributed by atoms with van der Waals surface area (Å²) >= 11 is 0. The van der Waals surface area contributed by atoms with Crippen molar-refractivity contribution in [2.45, 2.75) is 20.5 Å². The maximum absolute atomic E-state index is 13.4. The first-order valence-corrected chi connectivity index (χ1v) is 11.0. The molecule has 1 aliphatic heterocycles. The van der Waals surface area contributed by atoms with Gasteiger partial charge in [0.2, 0.25) is 0 Å². The topological polar surface area (TPSA) is 84.9 Å². The Bertz CT molecular complexity index is 1330. The third-order valence-electron chi connectivity index (χ3n) is 5.22. The molecule has 0 aromatic heterocycles. The highest BCUT2D eigenvalue weighted by atomic mass is 19.1. The van der Waals surface area contributed by atoms with Crippen molar-refractivity contribution in [3.63, 3.8) is 0 Å². The van der Waals surface area contributed by atoms with Gasteiger partial charge in [0.25, 0.3) is 11.8 Å². The summed E-state index contributed by atoms with van der Waals surface area (Å²) in [6, 6.07) is 17.1. The number of halogens is 1. The molecule has 0 unspecified atom stereocenters. The van der Waals surface area contributed by atoms with Crippen molar-refractivity contribution in [3.05, 3.63) is 94.8 Å². The van der Waals surface area contributed by atoms with Crippen LogP contribution in [0.5, 0.6) is 11.5 Å². The first-order valence-electron chi connectivity index (χ1n) is 11.0. The van der Waals surface area contributed by atoms with Gasteiger partial charge in [-0.2, -0.15) is 0 Å². The summed E-state index contributed by atoms with van der Waals surface area (Å²) in [5.74, 6) is -1.04. The van der Waals surface area contributed by atoms with Crippen molar-refractivity contribution < 1.29 is 28.2 Å². The molecule has 0 atom stereocenters. The molecule has 7 nitrogen and oxygen atoms in total. The maximum Gasteiger partial charge on any atom is 0.335 e. The predicted octanol–water partition coefficient (Wildman–Crippen LogP) is 4.78. The van der Waals surface area contributed by atoms with Crippen LogP contribution in [0.15, 0.2) is 72.3 Å². The lowest BCUT2D eigenvalue weighted by Crippen LogP contribution is -2.54. The molecule has 0 radical (unpaired) electrons. The minimum absolute atomic E-state index is 0.132. The van der Waals surface area contributed by atoms with Crippen molar-refractivity contribution in [1.29, 1.82) is 0 Å². The second-order valence-electron chi connectivity index (χ2n) is 7.85. The van der Waals surface area contributed by atoms with Crippen LogP contribution in [0, 0.1) is 12.7 Å². The smallest absolute Gasteiger partial charge is 0.335 e. The van der Waals surface area contributed by atoms with Crippen molar-refractivity contribution in [2.75, 3.05) is 11.5 Å². The van der Waals surface area contributed by atoms with Crippen LogP contribution in [-0.2, 0) is 16.2 Å². The van der Waals surface area contributed by atoms with E-state index < -0.39 is 17.8 Å². The normalized spacial score (nSPS) is 14.8. The third kappa shape index (κ3) is 5.38. The zero-order chi connectivity index (χ0) is 24.9. The fourth-order valence-corrected chi connectivity index (χ4v) is 3.62. The van der Waals surface area contributed by atoms with Crippen molar-refractivity contribution in [2.24, 2.45) is 0 Å². The number of aryl methyl sites for hydroxylation is 1. The number of rotatable bonds is 7. The van der Waals surface area contributed by atoms with Crippen LogP contribution in [0.2, 0.25) is 0 Å². The summed E-state index contributed by atoms with van der Waals surface area (Å²) in [4.78, 5) is 38.9. The number of carbonyl (C=O) groups is 3. The number of nitrogens with one attached hydrogen (secondary N) is 1. The Hall–Kier alpha value is -4.46. The first-order chi connectivity index (χ1) is 16.9. The van der Waals surface area contributed by atoms with E-state index in [1.54, 1.807) is 48.5 Å². The van der Waals surface area contributed by atoms with Gasteiger partial charge < -0.3 is 9.47 Å². The molecule has 4 rings (SSSR count). The largest absolute Gasteiger partial charge is 0.490 e. The van der Waals surface area contributed by atoms with E-state index >= 15 is 0 Å². The van der Waals surface area contributed by atoms with Gasteiger partial charge in [0, 0.05) is 0 Å². The molecule has 1 fully saturated rings. The van der Waals surface area contributed by atoms with E-state index in [1.165, 1.54) is 18.2 Å². The van der Waals surface area contributed by atoms with Gasteiger partial charge in [-0.25, -0.2) is 14.1 Å². The third-order valence-corrected chi connectivity index (χ3v) is 5.22. The van der Waals surface area contributed by atoms with Crippen molar-refractivity contribution >= 4 is 29.6 Å². The number of amides is 4. The quantitative estimate of drug-likeness (QED) is 0.394. The van der Waals surface area contributed by atoms with E-state index in [2.05, 4.69) is 5.32 Å². The van der Waals surface area contributed by atoms with Gasteiger partial charge in [-0.05, 0) is 73.0 Å². The molecule has 1 aliphatic rings. The van der Waals surface area contributed by atoms with E-state index in [0.717, 1.165) is 10.5 Å². The summed E-state index contributed by atoms with van der Waals surface area (Å²) in [6.07, 6.45) is 1.39. The standard InChI is InChI=1S/C27H23FN2O5/c1-3-34-24-15-18(10-11-23(24)35-16-19-7-5-8-20(28)13-19)14-22-25(31)29-27(33)30(26(22)32)21-9-4-6-17(2)12-21/h4-15H,3,16H2,1-2H3,(H,29,31,33)/b22-14+. The molecule has 0 saturated carbocycles. The summed E-state index contributed by atoms with van der Waals surface area (Å²) in [7, 11) is 0. The molecule has 8 heteroatoms. The van der Waals surface area contributed by atoms with Crippen LogP contribution in [0.4, 0.5) is 14.9 Å². The van der Waals surface area contributed by atoms with Crippen molar-refractivity contribution in [3.8, 4) is 11.5 Å². The lowest BCUT2D eigenvalue weighted by atomic mass is 10.1. The Morgan fingerprint density at radius 2 is 1.74 bits per heavy atom. The lowest BCUT2D eigenvalue weighted by Gasteiger charge is -2.26. The minimum Gasteiger partial charge on any atom is -0.490 e. The van der Waals surface area contributed by atoms with Crippen molar-refractivity contribution in [1.82, 2.24) is 5.32 Å². The van der Waals surface area contributed by atoms with Crippen LogP contribution in [0.3, 0.4) is 0 Å². The number of carbonyl (C=O) groups excluding carboxylic acids is 3. The zero-order valence-electron chi connectivity index (χ0n) is 19.2. The number of imide groups is 2. The molecule has 1 saturated heterocycles. The van der Waals surface area contributed by atoms with Gasteiger partial charge in [-0.1, -0.05) is 30.3 Å². The van der Waals surface area contributed by atoms with Gasteiger partial charge >= 0.3 is 6.03 Å². The number of hydrogen-bond donors (Lipinski definition) is 1. The highest BCUT2D eigenvalue weighted by molar-refractivity contribution is 6.39. The molecule has 1 heterocycles. The summed E-state index contributed by atoms with van der Waals surface area (Å²) in [5, 5.41) is 2.21. The molecule has 3 aromatic rings. The fourth-order valence-electron chi connectivity index (χ4n) is 3.62. The molecule has 3 aromatic carbocycles. The van der Waals surface area contributed by atoms with E-state index in [-0.39, 0.29) is 18.0 Å². The zero-order valence-corrected chi connectivity index (χ0v) is 19.2. The number of nitrogens with zero attached hydrogens (tertiary/aromatic N) is 1. The van der Waals surface area contributed by atoms with Gasteiger partial charge in [0.1, 0.15) is 18.0 Å². The molecule has 35 heavy (non-hydrogen) atoms. The number of benzene rings is 3. The lowest BCUT2D eigenvalue weighted by molar-refractivity contribution is -0.122. The Balaban J connectivity index is 1.61. The van der Waals surface area contributed by atoms with Crippen LogP contribution in [0.25, 0.3) is 6.08 Å². The monoisotopic (exact) mass is 474 g/mol. The Kier molecular flexibility index (Phi) is 6.91. The van der Waals surface area contributed by atoms with Crippen LogP contribution >= 0.6 is 0 Å². The molecular formula is C27H23FN2O5. The second kappa shape index (κ2) is 10.2. The molecule has 4 amide bonds. The predicted molar refractivity (Wildman–Crippen MR) is 129 cm³/mol. The van der Waals surface area contributed by atoms with Gasteiger partial charge in [-0.15, -0.1) is 0 Å². The molecular weight excluding hydrogens is 451 g/mol. The average molecular weight is 474 g/mol. The molecule has 0 aliphatic carbocycles. The Labute approximate surface area is 201 Å². The highest BCUT2D eigenvalue weighted by Gasteiger charge is 2.36. The number of hydrogen-bond acceptors (Lipinski definition) is 5. The number of anilines is 1. The molecule has 178 valence electrons. The fraction of sp³-hybridized carbons (Fsp3) is 0.148. The summed E-state index contributed by atoms with van der Waals surface area (Å²) in [5.41, 5.74) is 2.19. The molecule has 0 bridgehead atoms. The van der Waals surface area contributed by atoms with Gasteiger partial charge in [0.05, 0.1) is 12.3 Å². The molecule has 0 spiro atoms. The Morgan fingerprint density at radius 1 is 0.943 bits per heavy atom. The summed E-state index contributed by atoms with van der Waals surface area (Å²) < 4.78 is 24.9. The second-order valence-corrected chi connectivity index (χ2v) is 7.85.